The minimum absolute atomic E-state index is 0.684. The maximum Gasteiger partial charge on any atom is 0.191 e. The van der Waals surface area contributed by atoms with E-state index in [2.05, 4.69) is 63.8 Å². The maximum absolute atomic E-state index is 5.81. The lowest BCUT2D eigenvalue weighted by Crippen LogP contribution is -2.36. The standard InChI is InChI=1S/C22H32N4O/c1-5-19-10-6-7-11-20(19)17-25-22(23-2)24-16-18-9-8-12-21(15-18)27-14-13-26(3)4/h6-12,15H,5,13-14,16-17H2,1-4H3,(H2,23,24,25). The molecular formula is C22H32N4O. The first-order chi connectivity index (χ1) is 13.1. The molecule has 0 aliphatic carbocycles. The molecular weight excluding hydrogens is 336 g/mol. The second kappa shape index (κ2) is 11.2. The Balaban J connectivity index is 1.85. The third-order valence-electron chi connectivity index (χ3n) is 4.33. The molecule has 0 spiro atoms. The van der Waals surface area contributed by atoms with Crippen molar-refractivity contribution in [3.63, 3.8) is 0 Å². The van der Waals surface area contributed by atoms with Gasteiger partial charge >= 0.3 is 0 Å². The van der Waals surface area contributed by atoms with Crippen LogP contribution in [0, 0.1) is 0 Å². The normalized spacial score (nSPS) is 11.5. The zero-order valence-electron chi connectivity index (χ0n) is 17.0. The first kappa shape index (κ1) is 20.8. The number of hydrogen-bond acceptors (Lipinski definition) is 3. The van der Waals surface area contributed by atoms with Crippen LogP contribution in [0.2, 0.25) is 0 Å². The number of guanidine groups is 1. The van der Waals surface area contributed by atoms with Gasteiger partial charge in [0.15, 0.2) is 5.96 Å². The molecule has 27 heavy (non-hydrogen) atoms. The molecule has 0 fully saturated rings. The van der Waals surface area contributed by atoms with Crippen LogP contribution in [0.3, 0.4) is 0 Å². The summed E-state index contributed by atoms with van der Waals surface area (Å²) >= 11 is 0. The maximum atomic E-state index is 5.81. The predicted molar refractivity (Wildman–Crippen MR) is 113 cm³/mol. The number of aryl methyl sites for hydroxylation is 1. The highest BCUT2D eigenvalue weighted by Gasteiger charge is 2.03. The lowest BCUT2D eigenvalue weighted by molar-refractivity contribution is 0.261. The van der Waals surface area contributed by atoms with Gasteiger partial charge in [-0.25, -0.2) is 0 Å². The lowest BCUT2D eigenvalue weighted by Gasteiger charge is -2.15. The lowest BCUT2D eigenvalue weighted by atomic mass is 10.1. The fourth-order valence-corrected chi connectivity index (χ4v) is 2.75. The average molecular weight is 369 g/mol. The highest BCUT2D eigenvalue weighted by molar-refractivity contribution is 5.79. The van der Waals surface area contributed by atoms with E-state index in [0.717, 1.165) is 36.8 Å². The highest BCUT2D eigenvalue weighted by atomic mass is 16.5. The van der Waals surface area contributed by atoms with Gasteiger partial charge in [0.05, 0.1) is 0 Å². The topological polar surface area (TPSA) is 48.9 Å². The number of hydrogen-bond donors (Lipinski definition) is 2. The Morgan fingerprint density at radius 1 is 1.00 bits per heavy atom. The highest BCUT2D eigenvalue weighted by Crippen LogP contribution is 2.13. The molecule has 0 atom stereocenters. The summed E-state index contributed by atoms with van der Waals surface area (Å²) in [6, 6.07) is 16.7. The number of nitrogens with one attached hydrogen (secondary N) is 2. The van der Waals surface area contributed by atoms with Crippen LogP contribution in [0.5, 0.6) is 5.75 Å². The van der Waals surface area contributed by atoms with Gasteiger partial charge in [0.1, 0.15) is 12.4 Å². The van der Waals surface area contributed by atoms with Crippen molar-refractivity contribution in [2.45, 2.75) is 26.4 Å². The Kier molecular flexibility index (Phi) is 8.65. The molecule has 0 aromatic heterocycles. The van der Waals surface area contributed by atoms with Gasteiger partial charge in [0.2, 0.25) is 0 Å². The summed E-state index contributed by atoms with van der Waals surface area (Å²) < 4.78 is 5.81. The first-order valence-electron chi connectivity index (χ1n) is 9.50. The second-order valence-electron chi connectivity index (χ2n) is 6.70. The predicted octanol–water partition coefficient (Wildman–Crippen LogP) is 3.05. The molecule has 0 unspecified atom stereocenters. The molecule has 2 N–H and O–H groups in total. The zero-order chi connectivity index (χ0) is 19.5. The summed E-state index contributed by atoms with van der Waals surface area (Å²) in [5.41, 5.74) is 3.83. The second-order valence-corrected chi connectivity index (χ2v) is 6.70. The average Bonchev–Trinajstić information content (AvgIpc) is 2.68. The molecule has 0 radical (unpaired) electrons. The third kappa shape index (κ3) is 7.31. The summed E-state index contributed by atoms with van der Waals surface area (Å²) in [6.07, 6.45) is 1.03. The molecule has 0 bridgehead atoms. The fourth-order valence-electron chi connectivity index (χ4n) is 2.75. The molecule has 146 valence electrons. The van der Waals surface area contributed by atoms with Crippen molar-refractivity contribution in [1.82, 2.24) is 15.5 Å². The van der Waals surface area contributed by atoms with Crippen LogP contribution < -0.4 is 15.4 Å². The van der Waals surface area contributed by atoms with Gasteiger partial charge in [-0.05, 0) is 49.3 Å². The van der Waals surface area contributed by atoms with E-state index in [0.29, 0.717) is 13.2 Å². The summed E-state index contributed by atoms with van der Waals surface area (Å²) in [5.74, 6) is 1.69. The van der Waals surface area contributed by atoms with E-state index < -0.39 is 0 Å². The number of rotatable bonds is 9. The molecule has 2 aromatic rings. The van der Waals surface area contributed by atoms with Crippen LogP contribution in [0.15, 0.2) is 53.5 Å². The van der Waals surface area contributed by atoms with E-state index in [1.807, 2.05) is 26.2 Å². The monoisotopic (exact) mass is 368 g/mol. The van der Waals surface area contributed by atoms with Crippen molar-refractivity contribution in [3.8, 4) is 5.75 Å². The Morgan fingerprint density at radius 3 is 2.44 bits per heavy atom. The number of nitrogens with zero attached hydrogens (tertiary/aromatic N) is 2. The molecule has 2 aromatic carbocycles. The molecule has 0 amide bonds. The molecule has 5 heteroatoms. The van der Waals surface area contributed by atoms with Gasteiger partial charge < -0.3 is 20.3 Å². The van der Waals surface area contributed by atoms with E-state index in [4.69, 9.17) is 4.74 Å². The van der Waals surface area contributed by atoms with Crippen LogP contribution >= 0.6 is 0 Å². The van der Waals surface area contributed by atoms with E-state index in [1.165, 1.54) is 11.1 Å². The number of benzene rings is 2. The van der Waals surface area contributed by atoms with Crippen LogP contribution in [-0.4, -0.2) is 45.2 Å². The van der Waals surface area contributed by atoms with E-state index in [-0.39, 0.29) is 0 Å². The van der Waals surface area contributed by atoms with E-state index >= 15 is 0 Å². The summed E-state index contributed by atoms with van der Waals surface area (Å²) in [4.78, 5) is 6.43. The Labute approximate surface area is 163 Å². The van der Waals surface area contributed by atoms with Crippen molar-refractivity contribution >= 4 is 5.96 Å². The van der Waals surface area contributed by atoms with Crippen LogP contribution in [0.1, 0.15) is 23.6 Å². The minimum Gasteiger partial charge on any atom is -0.492 e. The molecule has 0 saturated carbocycles. The minimum atomic E-state index is 0.684. The molecule has 0 aliphatic heterocycles. The van der Waals surface area contributed by atoms with Gasteiger partial charge in [-0.1, -0.05) is 43.3 Å². The number of aliphatic imine (C=N–C) groups is 1. The van der Waals surface area contributed by atoms with Gasteiger partial charge in [0.25, 0.3) is 0 Å². The Hall–Kier alpha value is -2.53. The number of ether oxygens (including phenoxy) is 1. The summed E-state index contributed by atoms with van der Waals surface area (Å²) in [7, 11) is 5.88. The molecule has 0 aliphatic rings. The molecule has 5 nitrogen and oxygen atoms in total. The van der Waals surface area contributed by atoms with Gasteiger partial charge in [0, 0.05) is 26.7 Å². The first-order valence-corrected chi connectivity index (χ1v) is 9.50. The zero-order valence-corrected chi connectivity index (χ0v) is 17.0. The molecule has 2 rings (SSSR count). The summed E-state index contributed by atoms with van der Waals surface area (Å²) in [5, 5.41) is 6.76. The third-order valence-corrected chi connectivity index (χ3v) is 4.33. The Bertz CT molecular complexity index is 728. The van der Waals surface area contributed by atoms with E-state index in [9.17, 15) is 0 Å². The Morgan fingerprint density at radius 2 is 1.74 bits per heavy atom. The van der Waals surface area contributed by atoms with Crippen LogP contribution in [0.4, 0.5) is 0 Å². The van der Waals surface area contributed by atoms with Crippen molar-refractivity contribution in [1.29, 1.82) is 0 Å². The van der Waals surface area contributed by atoms with E-state index in [1.54, 1.807) is 7.05 Å². The molecule has 0 heterocycles. The van der Waals surface area contributed by atoms with Crippen molar-refractivity contribution in [3.05, 3.63) is 65.2 Å². The van der Waals surface area contributed by atoms with Crippen LogP contribution in [-0.2, 0) is 19.5 Å². The van der Waals surface area contributed by atoms with Crippen molar-refractivity contribution < 1.29 is 4.74 Å². The summed E-state index contributed by atoms with van der Waals surface area (Å²) in [6.45, 7) is 5.22. The fraction of sp³-hybridized carbons (Fsp3) is 0.409. The van der Waals surface area contributed by atoms with Gasteiger partial charge in [-0.2, -0.15) is 0 Å². The van der Waals surface area contributed by atoms with Crippen molar-refractivity contribution in [2.75, 3.05) is 34.3 Å². The smallest absolute Gasteiger partial charge is 0.191 e. The largest absolute Gasteiger partial charge is 0.492 e. The van der Waals surface area contributed by atoms with Crippen LogP contribution in [0.25, 0.3) is 0 Å². The quantitative estimate of drug-likeness (QED) is 0.528. The molecule has 0 saturated heterocycles. The van der Waals surface area contributed by atoms with Gasteiger partial charge in [-0.15, -0.1) is 0 Å². The number of likely N-dealkylation sites (N-methyl/N-ethyl adjacent to an activating group) is 1. The van der Waals surface area contributed by atoms with Gasteiger partial charge in [-0.3, -0.25) is 4.99 Å². The SMILES string of the molecule is CCc1ccccc1CNC(=NC)NCc1cccc(OCCN(C)C)c1. The van der Waals surface area contributed by atoms with Crippen molar-refractivity contribution in [2.24, 2.45) is 4.99 Å².